The lowest BCUT2D eigenvalue weighted by molar-refractivity contribution is -0.186. The quantitative estimate of drug-likeness (QED) is 0.290. The number of sulfonamides is 1. The molecular weight excluding hydrogens is 782 g/mol. The summed E-state index contributed by atoms with van der Waals surface area (Å²) >= 11 is 1.11. The summed E-state index contributed by atoms with van der Waals surface area (Å²) < 4.78 is 124. The molecule has 0 bridgehead atoms. The van der Waals surface area contributed by atoms with Gasteiger partial charge in [-0.3, -0.25) is 23.9 Å². The summed E-state index contributed by atoms with van der Waals surface area (Å²) in [4.78, 5) is 53.3. The molecule has 276 valence electrons. The van der Waals surface area contributed by atoms with Gasteiger partial charge >= 0.3 is 24.2 Å². The Hall–Kier alpha value is -4.48. The number of halogens is 7. The van der Waals surface area contributed by atoms with Gasteiger partial charge in [0.1, 0.15) is 13.1 Å². The van der Waals surface area contributed by atoms with Crippen molar-refractivity contribution in [3.05, 3.63) is 60.1 Å². The van der Waals surface area contributed by atoms with Crippen LogP contribution in [0.3, 0.4) is 0 Å². The van der Waals surface area contributed by atoms with Crippen LogP contribution in [0.1, 0.15) is 0 Å². The van der Waals surface area contributed by atoms with Crippen molar-refractivity contribution in [1.29, 1.82) is 0 Å². The smallest absolute Gasteiger partial charge is 0.324 e. The topological polar surface area (TPSA) is 174 Å². The lowest BCUT2D eigenvalue weighted by Crippen LogP contribution is -2.55. The molecule has 2 aromatic carbocycles. The number of carbonyl (C=O) groups excluding carboxylic acids is 4. The average molecular weight is 805 g/mol. The van der Waals surface area contributed by atoms with Gasteiger partial charge < -0.3 is 19.6 Å². The predicted octanol–water partition coefficient (Wildman–Crippen LogP) is 3.03. The van der Waals surface area contributed by atoms with Crippen LogP contribution in [-0.2, 0) is 38.3 Å². The number of benzene rings is 2. The summed E-state index contributed by atoms with van der Waals surface area (Å²) in [5.41, 5.74) is 0.621. The number of rotatable bonds is 6. The number of nitrogens with zero attached hydrogens (tertiary/aromatic N) is 5. The first-order valence-electron chi connectivity index (χ1n) is 14.0. The third-order valence-electron chi connectivity index (χ3n) is 7.04. The molecule has 0 aliphatic carbocycles. The van der Waals surface area contributed by atoms with E-state index in [0.717, 1.165) is 11.3 Å². The van der Waals surface area contributed by atoms with Crippen molar-refractivity contribution in [2.24, 2.45) is 0 Å². The SMILES string of the molecule is O=C1CN(C(=O)C(F)(F)F)CCN1c1ccc(S(=O)(=O)Cl)cc1.O=C1CN(C(=O)C(F)(F)F)CCN1c1ccc(S(=O)(=O)Nc2nccs2)cc1. The highest BCUT2D eigenvalue weighted by Gasteiger charge is 2.45. The van der Waals surface area contributed by atoms with Crippen LogP contribution in [-0.4, -0.2) is 107 Å². The highest BCUT2D eigenvalue weighted by Crippen LogP contribution is 2.26. The Morgan fingerprint density at radius 3 is 1.45 bits per heavy atom. The Kier molecular flexibility index (Phi) is 11.6. The molecule has 1 aromatic heterocycles. The molecule has 4 amide bonds. The van der Waals surface area contributed by atoms with E-state index in [4.69, 9.17) is 10.7 Å². The fourth-order valence-corrected chi connectivity index (χ4v) is 7.20. The van der Waals surface area contributed by atoms with Gasteiger partial charge in [0.15, 0.2) is 5.13 Å². The zero-order valence-electron chi connectivity index (χ0n) is 25.4. The Morgan fingerprint density at radius 1 is 0.706 bits per heavy atom. The second-order valence-electron chi connectivity index (χ2n) is 10.4. The molecule has 51 heavy (non-hydrogen) atoms. The van der Waals surface area contributed by atoms with Gasteiger partial charge in [-0.15, -0.1) is 11.3 Å². The van der Waals surface area contributed by atoms with Gasteiger partial charge in [0, 0.05) is 59.8 Å². The molecule has 2 aliphatic rings. The standard InChI is InChI=1S/C15H13F3N4O4S2.C12H10ClF3N2O4S/c16-15(17,18)13(24)21-6-7-22(12(23)9-21)10-1-3-11(4-2-10)28(25,26)20-14-19-5-8-27-14;13-23(21,22)9-3-1-8(2-4-9)18-6-5-17(7-10(18)19)11(20)12(14,15)16/h1-5,8H,6-7,9H2,(H,19,20);1-4H,5-7H2. The summed E-state index contributed by atoms with van der Waals surface area (Å²) in [5.74, 6) is -5.51. The zero-order chi connectivity index (χ0) is 37.9. The van der Waals surface area contributed by atoms with Crippen molar-refractivity contribution in [2.45, 2.75) is 22.1 Å². The molecule has 24 heteroatoms. The minimum absolute atomic E-state index is 0.0650. The number of alkyl halides is 6. The van der Waals surface area contributed by atoms with Crippen molar-refractivity contribution in [3.63, 3.8) is 0 Å². The number of amides is 4. The van der Waals surface area contributed by atoms with E-state index in [-0.39, 0.29) is 41.1 Å². The third kappa shape index (κ3) is 9.86. The first-order valence-corrected chi connectivity index (χ1v) is 18.6. The van der Waals surface area contributed by atoms with Crippen LogP contribution in [0, 0.1) is 0 Å². The van der Waals surface area contributed by atoms with Crippen molar-refractivity contribution < 1.29 is 62.4 Å². The number of nitrogens with one attached hydrogen (secondary N) is 1. The van der Waals surface area contributed by atoms with E-state index in [2.05, 4.69) is 9.71 Å². The van der Waals surface area contributed by atoms with Gasteiger partial charge in [-0.05, 0) is 48.5 Å². The van der Waals surface area contributed by atoms with Gasteiger partial charge in [0.05, 0.1) is 9.79 Å². The molecule has 0 radical (unpaired) electrons. The minimum atomic E-state index is -5.04. The lowest BCUT2D eigenvalue weighted by Gasteiger charge is -2.34. The van der Waals surface area contributed by atoms with Crippen molar-refractivity contribution in [3.8, 4) is 0 Å². The largest absolute Gasteiger partial charge is 0.471 e. The molecule has 14 nitrogen and oxygen atoms in total. The van der Waals surface area contributed by atoms with E-state index in [0.29, 0.717) is 21.2 Å². The molecule has 0 spiro atoms. The average Bonchev–Trinajstić information content (AvgIpc) is 3.55. The van der Waals surface area contributed by atoms with Crippen molar-refractivity contribution >= 4 is 81.2 Å². The lowest BCUT2D eigenvalue weighted by atomic mass is 10.2. The summed E-state index contributed by atoms with van der Waals surface area (Å²) in [7, 11) is -2.61. The number of carbonyl (C=O) groups is 4. The second-order valence-corrected chi connectivity index (χ2v) is 15.6. The minimum Gasteiger partial charge on any atom is -0.324 e. The van der Waals surface area contributed by atoms with Gasteiger partial charge in [-0.25, -0.2) is 21.8 Å². The Bertz CT molecular complexity index is 2000. The van der Waals surface area contributed by atoms with E-state index in [1.165, 1.54) is 64.5 Å². The van der Waals surface area contributed by atoms with Gasteiger partial charge in [0.25, 0.3) is 19.1 Å². The number of thiazole rings is 1. The Balaban J connectivity index is 0.000000233. The van der Waals surface area contributed by atoms with Crippen LogP contribution in [0.5, 0.6) is 0 Å². The van der Waals surface area contributed by atoms with E-state index >= 15 is 0 Å². The first-order chi connectivity index (χ1) is 23.6. The number of anilines is 3. The molecule has 2 saturated heterocycles. The molecule has 3 aromatic rings. The predicted molar refractivity (Wildman–Crippen MR) is 169 cm³/mol. The van der Waals surface area contributed by atoms with Crippen LogP contribution < -0.4 is 14.5 Å². The van der Waals surface area contributed by atoms with Crippen LogP contribution in [0.15, 0.2) is 69.9 Å². The third-order valence-corrected chi connectivity index (χ3v) is 10.6. The van der Waals surface area contributed by atoms with Crippen LogP contribution in [0.2, 0.25) is 0 Å². The maximum absolute atomic E-state index is 12.5. The fourth-order valence-electron chi connectivity index (χ4n) is 4.64. The summed E-state index contributed by atoms with van der Waals surface area (Å²) in [6.45, 7) is -2.23. The molecule has 2 fully saturated rings. The molecule has 0 unspecified atom stereocenters. The maximum atomic E-state index is 12.5. The van der Waals surface area contributed by atoms with E-state index in [1.54, 1.807) is 5.38 Å². The van der Waals surface area contributed by atoms with Crippen molar-refractivity contribution in [2.75, 3.05) is 53.8 Å². The monoisotopic (exact) mass is 804 g/mol. The van der Waals surface area contributed by atoms with Gasteiger partial charge in [-0.2, -0.15) is 26.3 Å². The molecule has 0 saturated carbocycles. The van der Waals surface area contributed by atoms with Gasteiger partial charge in [-0.1, -0.05) is 0 Å². The van der Waals surface area contributed by atoms with Crippen molar-refractivity contribution in [1.82, 2.24) is 14.8 Å². The molecule has 3 heterocycles. The molecule has 5 rings (SSSR count). The highest BCUT2D eigenvalue weighted by atomic mass is 35.7. The van der Waals surface area contributed by atoms with Gasteiger partial charge in [0.2, 0.25) is 11.8 Å². The second kappa shape index (κ2) is 15.0. The van der Waals surface area contributed by atoms with Crippen LogP contribution >= 0.6 is 22.0 Å². The normalized spacial score (nSPS) is 16.1. The summed E-state index contributed by atoms with van der Waals surface area (Å²) in [5, 5.41) is 1.81. The highest BCUT2D eigenvalue weighted by molar-refractivity contribution is 8.13. The number of piperazine rings is 2. The van der Waals surface area contributed by atoms with E-state index < -0.39 is 68.1 Å². The van der Waals surface area contributed by atoms with Crippen LogP contribution in [0.4, 0.5) is 42.8 Å². The Morgan fingerprint density at radius 2 is 1.12 bits per heavy atom. The zero-order valence-corrected chi connectivity index (χ0v) is 28.6. The molecule has 0 atom stereocenters. The number of hydrogen-bond acceptors (Lipinski definition) is 10. The summed E-state index contributed by atoms with van der Waals surface area (Å²) in [6, 6.07) is 10.3. The number of aromatic nitrogens is 1. The van der Waals surface area contributed by atoms with E-state index in [1.807, 2.05) is 0 Å². The maximum Gasteiger partial charge on any atom is 0.471 e. The van der Waals surface area contributed by atoms with E-state index in [9.17, 15) is 62.4 Å². The molecule has 2 aliphatic heterocycles. The molecular formula is C27H23ClF6N6O8S3. The Labute approximate surface area is 293 Å². The van der Waals surface area contributed by atoms with Crippen LogP contribution in [0.25, 0.3) is 0 Å². The summed E-state index contributed by atoms with van der Waals surface area (Å²) in [6.07, 6.45) is -8.62. The molecule has 1 N–H and O–H groups in total. The first kappa shape index (κ1) is 39.3. The fraction of sp³-hybridized carbons (Fsp3) is 0.296. The number of hydrogen-bond donors (Lipinski definition) is 1.